The van der Waals surface area contributed by atoms with Gasteiger partial charge in [0, 0.05) is 24.2 Å². The Hall–Kier alpha value is -0.120. The Labute approximate surface area is 125 Å². The SMILES string of the molecule is CC(C)(C)NCC1CCC1N1CCCN2CCCC2C1. The van der Waals surface area contributed by atoms with E-state index in [9.17, 15) is 0 Å². The van der Waals surface area contributed by atoms with E-state index in [2.05, 4.69) is 35.9 Å². The average Bonchev–Trinajstić information content (AvgIpc) is 2.65. The van der Waals surface area contributed by atoms with Gasteiger partial charge in [0.15, 0.2) is 0 Å². The van der Waals surface area contributed by atoms with Crippen LogP contribution in [0.1, 0.15) is 52.9 Å². The fourth-order valence-corrected chi connectivity index (χ4v) is 4.24. The Kier molecular flexibility index (Phi) is 4.40. The Bertz CT molecular complexity index is 323. The Morgan fingerprint density at radius 1 is 0.950 bits per heavy atom. The molecule has 0 aromatic rings. The van der Waals surface area contributed by atoms with Crippen LogP contribution in [0.3, 0.4) is 0 Å². The van der Waals surface area contributed by atoms with E-state index in [0.717, 1.165) is 18.0 Å². The van der Waals surface area contributed by atoms with Crippen molar-refractivity contribution in [2.45, 2.75) is 70.5 Å². The molecule has 3 fully saturated rings. The lowest BCUT2D eigenvalue weighted by Crippen LogP contribution is -2.54. The zero-order valence-corrected chi connectivity index (χ0v) is 13.7. The van der Waals surface area contributed by atoms with Gasteiger partial charge in [0.2, 0.25) is 0 Å². The monoisotopic (exact) mass is 279 g/mol. The van der Waals surface area contributed by atoms with Gasteiger partial charge in [-0.25, -0.2) is 0 Å². The van der Waals surface area contributed by atoms with Gasteiger partial charge >= 0.3 is 0 Å². The highest BCUT2D eigenvalue weighted by molar-refractivity contribution is 4.95. The molecule has 20 heavy (non-hydrogen) atoms. The van der Waals surface area contributed by atoms with E-state index < -0.39 is 0 Å². The van der Waals surface area contributed by atoms with Crippen molar-refractivity contribution in [1.82, 2.24) is 15.1 Å². The van der Waals surface area contributed by atoms with Gasteiger partial charge in [0.05, 0.1) is 0 Å². The molecule has 2 aliphatic heterocycles. The van der Waals surface area contributed by atoms with Gasteiger partial charge in [-0.2, -0.15) is 0 Å². The van der Waals surface area contributed by atoms with Gasteiger partial charge in [-0.15, -0.1) is 0 Å². The molecule has 116 valence electrons. The quantitative estimate of drug-likeness (QED) is 0.855. The van der Waals surface area contributed by atoms with Crippen LogP contribution in [0, 0.1) is 5.92 Å². The second-order valence-corrected chi connectivity index (χ2v) is 8.22. The zero-order valence-electron chi connectivity index (χ0n) is 13.7. The predicted molar refractivity (Wildman–Crippen MR) is 85.1 cm³/mol. The van der Waals surface area contributed by atoms with Crippen molar-refractivity contribution in [3.63, 3.8) is 0 Å². The summed E-state index contributed by atoms with van der Waals surface area (Å²) < 4.78 is 0. The fourth-order valence-electron chi connectivity index (χ4n) is 4.24. The topological polar surface area (TPSA) is 18.5 Å². The van der Waals surface area contributed by atoms with Crippen molar-refractivity contribution < 1.29 is 0 Å². The third kappa shape index (κ3) is 3.37. The van der Waals surface area contributed by atoms with Gasteiger partial charge in [0.1, 0.15) is 0 Å². The number of rotatable bonds is 3. The summed E-state index contributed by atoms with van der Waals surface area (Å²) in [5.41, 5.74) is 0.265. The zero-order chi connectivity index (χ0) is 14.2. The first kappa shape index (κ1) is 14.8. The van der Waals surface area contributed by atoms with E-state index in [-0.39, 0.29) is 5.54 Å². The summed E-state index contributed by atoms with van der Waals surface area (Å²) in [6, 6.07) is 1.74. The summed E-state index contributed by atoms with van der Waals surface area (Å²) in [6.45, 7) is 13.4. The lowest BCUT2D eigenvalue weighted by molar-refractivity contribution is 0.0529. The number of hydrogen-bond donors (Lipinski definition) is 1. The summed E-state index contributed by atoms with van der Waals surface area (Å²) in [4.78, 5) is 5.59. The summed E-state index contributed by atoms with van der Waals surface area (Å²) in [5, 5.41) is 3.72. The highest BCUT2D eigenvalue weighted by Gasteiger charge is 2.38. The molecule has 3 nitrogen and oxygen atoms in total. The first-order valence-corrected chi connectivity index (χ1v) is 8.76. The second kappa shape index (κ2) is 5.94. The Morgan fingerprint density at radius 2 is 1.70 bits per heavy atom. The molecule has 0 aromatic heterocycles. The van der Waals surface area contributed by atoms with Crippen LogP contribution >= 0.6 is 0 Å². The van der Waals surface area contributed by atoms with Crippen molar-refractivity contribution in [3.8, 4) is 0 Å². The molecule has 0 amide bonds. The molecule has 0 aromatic carbocycles. The third-order valence-electron chi connectivity index (χ3n) is 5.58. The number of nitrogens with one attached hydrogen (secondary N) is 1. The van der Waals surface area contributed by atoms with Crippen LogP contribution in [-0.2, 0) is 0 Å². The minimum atomic E-state index is 0.265. The molecule has 0 radical (unpaired) electrons. The van der Waals surface area contributed by atoms with E-state index in [4.69, 9.17) is 0 Å². The Balaban J connectivity index is 1.53. The maximum Gasteiger partial charge on any atom is 0.0223 e. The molecule has 3 heteroatoms. The molecule has 3 rings (SSSR count). The largest absolute Gasteiger partial charge is 0.312 e. The van der Waals surface area contributed by atoms with Gasteiger partial charge in [0.25, 0.3) is 0 Å². The van der Waals surface area contributed by atoms with Gasteiger partial charge in [-0.05, 0) is 85.0 Å². The molecular formula is C17H33N3. The molecule has 1 N–H and O–H groups in total. The van der Waals surface area contributed by atoms with E-state index in [0.29, 0.717) is 0 Å². The summed E-state index contributed by atoms with van der Waals surface area (Å²) in [6.07, 6.45) is 7.11. The molecule has 2 saturated heterocycles. The minimum absolute atomic E-state index is 0.265. The van der Waals surface area contributed by atoms with Crippen molar-refractivity contribution in [2.24, 2.45) is 5.92 Å². The molecule has 0 bridgehead atoms. The molecule has 1 saturated carbocycles. The molecule has 2 heterocycles. The lowest BCUT2D eigenvalue weighted by atomic mass is 9.77. The van der Waals surface area contributed by atoms with E-state index in [1.54, 1.807) is 0 Å². The van der Waals surface area contributed by atoms with Crippen LogP contribution in [0.5, 0.6) is 0 Å². The van der Waals surface area contributed by atoms with Crippen LogP contribution in [0.15, 0.2) is 0 Å². The molecule has 1 aliphatic carbocycles. The van der Waals surface area contributed by atoms with Crippen LogP contribution in [0.4, 0.5) is 0 Å². The van der Waals surface area contributed by atoms with Crippen LogP contribution in [0.2, 0.25) is 0 Å². The highest BCUT2D eigenvalue weighted by Crippen LogP contribution is 2.34. The first-order valence-electron chi connectivity index (χ1n) is 8.76. The van der Waals surface area contributed by atoms with E-state index in [1.165, 1.54) is 64.8 Å². The van der Waals surface area contributed by atoms with Crippen LogP contribution in [-0.4, -0.2) is 60.1 Å². The van der Waals surface area contributed by atoms with Crippen molar-refractivity contribution >= 4 is 0 Å². The predicted octanol–water partition coefficient (Wildman–Crippen LogP) is 2.32. The Morgan fingerprint density at radius 3 is 2.40 bits per heavy atom. The van der Waals surface area contributed by atoms with E-state index in [1.807, 2.05) is 0 Å². The van der Waals surface area contributed by atoms with Gasteiger partial charge in [-0.3, -0.25) is 9.80 Å². The van der Waals surface area contributed by atoms with E-state index >= 15 is 0 Å². The molecule has 3 atom stereocenters. The summed E-state index contributed by atoms with van der Waals surface area (Å²) >= 11 is 0. The molecule has 0 spiro atoms. The third-order valence-corrected chi connectivity index (χ3v) is 5.58. The van der Waals surface area contributed by atoms with Crippen LogP contribution < -0.4 is 5.32 Å². The first-order chi connectivity index (χ1) is 9.53. The second-order valence-electron chi connectivity index (χ2n) is 8.22. The standard InChI is InChI=1S/C17H33N3/c1-17(2,3)18-12-14-7-8-16(14)20-11-5-10-19-9-4-6-15(19)13-20/h14-16,18H,4-13H2,1-3H3. The molecule has 3 aliphatic rings. The number of fused-ring (bicyclic) bond motifs is 1. The summed E-state index contributed by atoms with van der Waals surface area (Å²) in [5.74, 6) is 0.891. The molecule has 3 unspecified atom stereocenters. The van der Waals surface area contributed by atoms with Crippen molar-refractivity contribution in [3.05, 3.63) is 0 Å². The molecular weight excluding hydrogens is 246 g/mol. The summed E-state index contributed by atoms with van der Waals surface area (Å²) in [7, 11) is 0. The maximum atomic E-state index is 3.72. The van der Waals surface area contributed by atoms with Crippen molar-refractivity contribution in [1.29, 1.82) is 0 Å². The van der Waals surface area contributed by atoms with Gasteiger partial charge < -0.3 is 5.32 Å². The average molecular weight is 279 g/mol. The fraction of sp³-hybridized carbons (Fsp3) is 1.00. The smallest absolute Gasteiger partial charge is 0.0223 e. The maximum absolute atomic E-state index is 3.72. The van der Waals surface area contributed by atoms with Crippen LogP contribution in [0.25, 0.3) is 0 Å². The highest BCUT2D eigenvalue weighted by atomic mass is 15.3. The lowest BCUT2D eigenvalue weighted by Gasteiger charge is -2.46. The minimum Gasteiger partial charge on any atom is -0.312 e. The normalized spacial score (nSPS) is 36.5. The van der Waals surface area contributed by atoms with Gasteiger partial charge in [-0.1, -0.05) is 0 Å². The van der Waals surface area contributed by atoms with Crippen molar-refractivity contribution in [2.75, 3.05) is 32.7 Å². The number of nitrogens with zero attached hydrogens (tertiary/aromatic N) is 2. The number of hydrogen-bond acceptors (Lipinski definition) is 3.